The first-order chi connectivity index (χ1) is 9.42. The average Bonchev–Trinajstić information content (AvgIpc) is 2.89. The second-order valence-corrected chi connectivity index (χ2v) is 6.43. The number of aromatic nitrogens is 2. The van der Waals surface area contributed by atoms with Gasteiger partial charge >= 0.3 is 5.97 Å². The van der Waals surface area contributed by atoms with E-state index in [9.17, 15) is 13.2 Å². The number of hydrogen-bond donors (Lipinski definition) is 1. The maximum Gasteiger partial charge on any atom is 0.335 e. The molecule has 0 aliphatic heterocycles. The SMILES string of the molecule is Cc1c(C(=O)O)cccc1S(=O)(=O)CCn1ccnc1. The third-order valence-electron chi connectivity index (χ3n) is 3.03. The highest BCUT2D eigenvalue weighted by Crippen LogP contribution is 2.20. The van der Waals surface area contributed by atoms with Gasteiger partial charge in [-0.1, -0.05) is 6.07 Å². The Morgan fingerprint density at radius 1 is 1.40 bits per heavy atom. The van der Waals surface area contributed by atoms with Crippen LogP contribution in [0.1, 0.15) is 15.9 Å². The highest BCUT2D eigenvalue weighted by atomic mass is 32.2. The summed E-state index contributed by atoms with van der Waals surface area (Å²) in [5.74, 6) is -1.23. The molecule has 0 bridgehead atoms. The van der Waals surface area contributed by atoms with Crippen molar-refractivity contribution in [3.05, 3.63) is 48.0 Å². The van der Waals surface area contributed by atoms with Crippen LogP contribution >= 0.6 is 0 Å². The van der Waals surface area contributed by atoms with Crippen LogP contribution in [0.25, 0.3) is 0 Å². The van der Waals surface area contributed by atoms with E-state index in [1.54, 1.807) is 17.0 Å². The summed E-state index contributed by atoms with van der Waals surface area (Å²) >= 11 is 0. The van der Waals surface area contributed by atoms with Crippen LogP contribution in [-0.4, -0.2) is 34.8 Å². The van der Waals surface area contributed by atoms with E-state index in [4.69, 9.17) is 5.11 Å². The summed E-state index contributed by atoms with van der Waals surface area (Å²) in [4.78, 5) is 14.9. The fourth-order valence-corrected chi connectivity index (χ4v) is 3.47. The van der Waals surface area contributed by atoms with E-state index in [1.165, 1.54) is 31.5 Å². The zero-order valence-electron chi connectivity index (χ0n) is 10.9. The van der Waals surface area contributed by atoms with Crippen molar-refractivity contribution in [2.24, 2.45) is 0 Å². The number of sulfone groups is 1. The molecular weight excluding hydrogens is 280 g/mol. The van der Waals surface area contributed by atoms with Crippen LogP contribution in [0.5, 0.6) is 0 Å². The lowest BCUT2D eigenvalue weighted by Gasteiger charge is -2.10. The summed E-state index contributed by atoms with van der Waals surface area (Å²) in [7, 11) is -3.53. The summed E-state index contributed by atoms with van der Waals surface area (Å²) in [5, 5.41) is 9.03. The third-order valence-corrected chi connectivity index (χ3v) is 4.86. The van der Waals surface area contributed by atoms with Crippen molar-refractivity contribution >= 4 is 15.8 Å². The van der Waals surface area contributed by atoms with Gasteiger partial charge in [0.15, 0.2) is 9.84 Å². The summed E-state index contributed by atoms with van der Waals surface area (Å²) in [6.45, 7) is 1.78. The standard InChI is InChI=1S/C13H14N2O4S/c1-10-11(13(16)17)3-2-4-12(10)20(18,19)8-7-15-6-5-14-9-15/h2-6,9H,7-8H2,1H3,(H,16,17). The van der Waals surface area contributed by atoms with Crippen molar-refractivity contribution in [1.82, 2.24) is 9.55 Å². The fraction of sp³-hybridized carbons (Fsp3) is 0.231. The molecule has 1 N–H and O–H groups in total. The number of aryl methyl sites for hydroxylation is 1. The molecule has 0 fully saturated rings. The summed E-state index contributed by atoms with van der Waals surface area (Å²) < 4.78 is 26.3. The van der Waals surface area contributed by atoms with Gasteiger partial charge in [-0.2, -0.15) is 0 Å². The van der Waals surface area contributed by atoms with Crippen LogP contribution in [0.2, 0.25) is 0 Å². The molecule has 2 rings (SSSR count). The molecule has 1 aromatic carbocycles. The number of carboxylic acids is 1. The topological polar surface area (TPSA) is 89.3 Å². The Balaban J connectivity index is 2.30. The van der Waals surface area contributed by atoms with Gasteiger partial charge in [-0.3, -0.25) is 0 Å². The van der Waals surface area contributed by atoms with Crippen LogP contribution in [-0.2, 0) is 16.4 Å². The van der Waals surface area contributed by atoms with E-state index in [1.807, 2.05) is 0 Å². The van der Waals surface area contributed by atoms with E-state index in [0.29, 0.717) is 0 Å². The molecule has 0 atom stereocenters. The Morgan fingerprint density at radius 2 is 2.15 bits per heavy atom. The molecule has 1 heterocycles. The number of aromatic carboxylic acids is 1. The van der Waals surface area contributed by atoms with E-state index in [0.717, 1.165) is 0 Å². The van der Waals surface area contributed by atoms with E-state index in [2.05, 4.69) is 4.98 Å². The summed E-state index contributed by atoms with van der Waals surface area (Å²) in [5.41, 5.74) is 0.277. The second kappa shape index (κ2) is 5.46. The Labute approximate surface area is 116 Å². The molecule has 0 aliphatic carbocycles. The van der Waals surface area contributed by atoms with Gasteiger partial charge in [0.05, 0.1) is 22.5 Å². The van der Waals surface area contributed by atoms with Gasteiger partial charge < -0.3 is 9.67 Å². The van der Waals surface area contributed by atoms with Crippen molar-refractivity contribution in [3.63, 3.8) is 0 Å². The van der Waals surface area contributed by atoms with Gasteiger partial charge in [-0.05, 0) is 24.6 Å². The largest absolute Gasteiger partial charge is 0.478 e. The van der Waals surface area contributed by atoms with Gasteiger partial charge in [-0.15, -0.1) is 0 Å². The molecule has 106 valence electrons. The monoisotopic (exact) mass is 294 g/mol. The lowest BCUT2D eigenvalue weighted by molar-refractivity contribution is 0.0696. The molecule has 0 saturated carbocycles. The van der Waals surface area contributed by atoms with Gasteiger partial charge in [0.25, 0.3) is 0 Å². The maximum absolute atomic E-state index is 12.3. The Hall–Kier alpha value is -2.15. The van der Waals surface area contributed by atoms with Gasteiger partial charge in [0.2, 0.25) is 0 Å². The number of carboxylic acid groups (broad SMARTS) is 1. The molecule has 0 aliphatic rings. The number of hydrogen-bond acceptors (Lipinski definition) is 4. The molecule has 0 amide bonds. The molecule has 1 aromatic heterocycles. The van der Waals surface area contributed by atoms with Crippen molar-refractivity contribution in [1.29, 1.82) is 0 Å². The van der Waals surface area contributed by atoms with Crippen LogP contribution < -0.4 is 0 Å². The summed E-state index contributed by atoms with van der Waals surface area (Å²) in [6.07, 6.45) is 4.79. The zero-order chi connectivity index (χ0) is 14.8. The van der Waals surface area contributed by atoms with E-state index in [-0.39, 0.29) is 28.3 Å². The number of imidazole rings is 1. The lowest BCUT2D eigenvalue weighted by atomic mass is 10.1. The number of nitrogens with zero attached hydrogens (tertiary/aromatic N) is 2. The van der Waals surface area contributed by atoms with Crippen LogP contribution in [0.4, 0.5) is 0 Å². The Kier molecular flexibility index (Phi) is 3.89. The molecule has 6 nitrogen and oxygen atoms in total. The average molecular weight is 294 g/mol. The molecule has 2 aromatic rings. The van der Waals surface area contributed by atoms with Crippen LogP contribution in [0.15, 0.2) is 41.8 Å². The lowest BCUT2D eigenvalue weighted by Crippen LogP contribution is -2.15. The predicted molar refractivity (Wildman–Crippen MR) is 72.4 cm³/mol. The molecule has 20 heavy (non-hydrogen) atoms. The minimum atomic E-state index is -3.53. The molecule has 0 saturated heterocycles. The Bertz CT molecular complexity index is 721. The Morgan fingerprint density at radius 3 is 2.75 bits per heavy atom. The molecular formula is C13H14N2O4S. The van der Waals surface area contributed by atoms with Crippen molar-refractivity contribution in [2.45, 2.75) is 18.4 Å². The van der Waals surface area contributed by atoms with Gasteiger partial charge in [-0.25, -0.2) is 18.2 Å². The third kappa shape index (κ3) is 2.88. The van der Waals surface area contributed by atoms with E-state index < -0.39 is 15.8 Å². The minimum Gasteiger partial charge on any atom is -0.478 e. The minimum absolute atomic E-state index is 0.00806. The second-order valence-electron chi connectivity index (χ2n) is 4.35. The van der Waals surface area contributed by atoms with Gasteiger partial charge in [0.1, 0.15) is 0 Å². The number of carbonyl (C=O) groups is 1. The fourth-order valence-electron chi connectivity index (χ4n) is 1.94. The highest BCUT2D eigenvalue weighted by molar-refractivity contribution is 7.91. The van der Waals surface area contributed by atoms with Crippen molar-refractivity contribution in [2.75, 3.05) is 5.75 Å². The molecule has 0 spiro atoms. The quantitative estimate of drug-likeness (QED) is 0.899. The normalized spacial score (nSPS) is 11.4. The van der Waals surface area contributed by atoms with Crippen molar-refractivity contribution < 1.29 is 18.3 Å². The zero-order valence-corrected chi connectivity index (χ0v) is 11.7. The first-order valence-corrected chi connectivity index (χ1v) is 7.58. The molecule has 0 unspecified atom stereocenters. The number of rotatable bonds is 5. The number of benzene rings is 1. The predicted octanol–water partition coefficient (Wildman–Crippen LogP) is 1.36. The van der Waals surface area contributed by atoms with E-state index >= 15 is 0 Å². The van der Waals surface area contributed by atoms with Crippen LogP contribution in [0.3, 0.4) is 0 Å². The molecule has 7 heteroatoms. The molecule has 0 radical (unpaired) electrons. The van der Waals surface area contributed by atoms with Crippen LogP contribution in [0, 0.1) is 6.92 Å². The highest BCUT2D eigenvalue weighted by Gasteiger charge is 2.20. The smallest absolute Gasteiger partial charge is 0.335 e. The van der Waals surface area contributed by atoms with Crippen molar-refractivity contribution in [3.8, 4) is 0 Å². The van der Waals surface area contributed by atoms with Gasteiger partial charge in [0, 0.05) is 18.9 Å². The first kappa shape index (κ1) is 14.3. The summed E-state index contributed by atoms with van der Waals surface area (Å²) in [6, 6.07) is 4.28. The first-order valence-electron chi connectivity index (χ1n) is 5.93. The maximum atomic E-state index is 12.3.